The molecule has 0 unspecified atom stereocenters. The first kappa shape index (κ1) is 22.7. The molecule has 0 aliphatic carbocycles. The SMILES string of the molecule is CCN(CC)C(=O)CNC(=O)COc1ccc(N(C)S(=O)(=O)c2cccs2)cc1. The van der Waals surface area contributed by atoms with Gasteiger partial charge < -0.3 is 15.0 Å². The highest BCUT2D eigenvalue weighted by Crippen LogP contribution is 2.26. The van der Waals surface area contributed by atoms with E-state index in [2.05, 4.69) is 5.32 Å². The van der Waals surface area contributed by atoms with Crippen molar-refractivity contribution in [1.82, 2.24) is 10.2 Å². The lowest BCUT2D eigenvalue weighted by atomic mass is 10.3. The van der Waals surface area contributed by atoms with Crippen molar-refractivity contribution in [1.29, 1.82) is 0 Å². The number of thiophene rings is 1. The molecule has 29 heavy (non-hydrogen) atoms. The normalized spacial score (nSPS) is 11.0. The Balaban J connectivity index is 1.88. The summed E-state index contributed by atoms with van der Waals surface area (Å²) in [5.74, 6) is -0.143. The molecular weight excluding hydrogens is 414 g/mol. The average Bonchev–Trinajstić information content (AvgIpc) is 3.27. The largest absolute Gasteiger partial charge is 0.484 e. The molecule has 2 aromatic rings. The molecule has 0 aliphatic heterocycles. The molecule has 0 saturated carbocycles. The van der Waals surface area contributed by atoms with Gasteiger partial charge in [0, 0.05) is 20.1 Å². The summed E-state index contributed by atoms with van der Waals surface area (Å²) >= 11 is 1.15. The van der Waals surface area contributed by atoms with Crippen LogP contribution in [0.25, 0.3) is 0 Å². The number of ether oxygens (including phenoxy) is 1. The highest BCUT2D eigenvalue weighted by atomic mass is 32.2. The van der Waals surface area contributed by atoms with Crippen LogP contribution in [-0.4, -0.2) is 58.4 Å². The minimum atomic E-state index is -3.60. The Labute approximate surface area is 175 Å². The molecule has 1 aromatic heterocycles. The first-order valence-corrected chi connectivity index (χ1v) is 11.4. The van der Waals surface area contributed by atoms with Crippen molar-refractivity contribution in [2.75, 3.05) is 37.6 Å². The van der Waals surface area contributed by atoms with Gasteiger partial charge in [-0.1, -0.05) is 6.07 Å². The molecular formula is C19H25N3O5S2. The van der Waals surface area contributed by atoms with Crippen molar-refractivity contribution in [3.05, 3.63) is 41.8 Å². The lowest BCUT2D eigenvalue weighted by Gasteiger charge is -2.19. The van der Waals surface area contributed by atoms with E-state index in [9.17, 15) is 18.0 Å². The standard InChI is InChI=1S/C19H25N3O5S2/c1-4-22(5-2)18(24)13-20-17(23)14-27-16-10-8-15(9-11-16)21(3)29(25,26)19-7-6-12-28-19/h6-12H,4-5,13-14H2,1-3H3,(H,20,23). The summed E-state index contributed by atoms with van der Waals surface area (Å²) in [6.45, 7) is 4.61. The van der Waals surface area contributed by atoms with Gasteiger partial charge in [0.05, 0.1) is 12.2 Å². The molecule has 1 N–H and O–H groups in total. The maximum Gasteiger partial charge on any atom is 0.273 e. The number of anilines is 1. The minimum Gasteiger partial charge on any atom is -0.484 e. The monoisotopic (exact) mass is 439 g/mol. The Morgan fingerprint density at radius 3 is 2.31 bits per heavy atom. The zero-order valence-electron chi connectivity index (χ0n) is 16.6. The maximum absolute atomic E-state index is 12.5. The summed E-state index contributed by atoms with van der Waals surface area (Å²) in [5.41, 5.74) is 0.472. The van der Waals surface area contributed by atoms with Gasteiger partial charge in [-0.05, 0) is 49.6 Å². The quantitative estimate of drug-likeness (QED) is 0.610. The van der Waals surface area contributed by atoms with E-state index in [0.29, 0.717) is 24.5 Å². The highest BCUT2D eigenvalue weighted by Gasteiger charge is 2.22. The number of sulfonamides is 1. The van der Waals surface area contributed by atoms with Crippen LogP contribution in [-0.2, 0) is 19.6 Å². The molecule has 0 radical (unpaired) electrons. The number of hydrogen-bond acceptors (Lipinski definition) is 6. The second-order valence-electron chi connectivity index (χ2n) is 6.03. The topological polar surface area (TPSA) is 96.0 Å². The van der Waals surface area contributed by atoms with Gasteiger partial charge in [0.15, 0.2) is 6.61 Å². The summed E-state index contributed by atoms with van der Waals surface area (Å²) in [5, 5.41) is 4.23. The van der Waals surface area contributed by atoms with Crippen molar-refractivity contribution in [3.8, 4) is 5.75 Å². The van der Waals surface area contributed by atoms with Gasteiger partial charge in [-0.15, -0.1) is 11.3 Å². The Kier molecular flexibility index (Phi) is 8.03. The molecule has 8 nitrogen and oxygen atoms in total. The summed E-state index contributed by atoms with van der Waals surface area (Å²) in [6, 6.07) is 9.61. The molecule has 0 saturated heterocycles. The third-order valence-electron chi connectivity index (χ3n) is 4.23. The van der Waals surface area contributed by atoms with Gasteiger partial charge in [-0.25, -0.2) is 8.42 Å². The van der Waals surface area contributed by atoms with E-state index in [1.807, 2.05) is 13.8 Å². The van der Waals surface area contributed by atoms with Crippen molar-refractivity contribution in [2.24, 2.45) is 0 Å². The van der Waals surface area contributed by atoms with Gasteiger partial charge in [-0.2, -0.15) is 0 Å². The van der Waals surface area contributed by atoms with E-state index in [4.69, 9.17) is 4.74 Å². The molecule has 0 spiro atoms. The van der Waals surface area contributed by atoms with Crippen LogP contribution in [0.15, 0.2) is 46.0 Å². The van der Waals surface area contributed by atoms with Crippen LogP contribution >= 0.6 is 11.3 Å². The minimum absolute atomic E-state index is 0.0752. The number of amides is 2. The van der Waals surface area contributed by atoms with Gasteiger partial charge in [0.2, 0.25) is 5.91 Å². The zero-order valence-corrected chi connectivity index (χ0v) is 18.3. The van der Waals surface area contributed by atoms with Crippen molar-refractivity contribution < 1.29 is 22.7 Å². The summed E-state index contributed by atoms with van der Waals surface area (Å²) in [7, 11) is -2.13. The molecule has 2 amide bonds. The molecule has 0 fully saturated rings. The molecule has 2 rings (SSSR count). The third-order valence-corrected chi connectivity index (χ3v) is 7.39. The fourth-order valence-electron chi connectivity index (χ4n) is 2.50. The molecule has 1 heterocycles. The smallest absolute Gasteiger partial charge is 0.273 e. The van der Waals surface area contributed by atoms with Crippen LogP contribution in [0.4, 0.5) is 5.69 Å². The average molecular weight is 440 g/mol. The van der Waals surface area contributed by atoms with E-state index in [1.54, 1.807) is 46.7 Å². The fourth-order valence-corrected chi connectivity index (χ4v) is 4.86. The van der Waals surface area contributed by atoms with Crippen LogP contribution in [0.1, 0.15) is 13.8 Å². The van der Waals surface area contributed by atoms with Crippen molar-refractivity contribution >= 4 is 38.9 Å². The van der Waals surface area contributed by atoms with Crippen LogP contribution in [0, 0.1) is 0 Å². The van der Waals surface area contributed by atoms with Crippen molar-refractivity contribution in [3.63, 3.8) is 0 Å². The first-order chi connectivity index (χ1) is 13.8. The number of carbonyl (C=O) groups excluding carboxylic acids is 2. The van der Waals surface area contributed by atoms with Crippen LogP contribution in [0.2, 0.25) is 0 Å². The number of hydrogen-bond donors (Lipinski definition) is 1. The van der Waals surface area contributed by atoms with Crippen LogP contribution in [0.5, 0.6) is 5.75 Å². The maximum atomic E-state index is 12.5. The van der Waals surface area contributed by atoms with Gasteiger partial charge in [0.1, 0.15) is 9.96 Å². The Bertz CT molecular complexity index is 908. The number of nitrogens with one attached hydrogen (secondary N) is 1. The lowest BCUT2D eigenvalue weighted by molar-refractivity contribution is -0.133. The second-order valence-corrected chi connectivity index (χ2v) is 9.17. The summed E-state index contributed by atoms with van der Waals surface area (Å²) < 4.78 is 31.9. The number of likely N-dealkylation sites (N-methyl/N-ethyl adjacent to an activating group) is 1. The van der Waals surface area contributed by atoms with Crippen LogP contribution < -0.4 is 14.4 Å². The highest BCUT2D eigenvalue weighted by molar-refractivity contribution is 7.94. The Morgan fingerprint density at radius 1 is 1.10 bits per heavy atom. The third kappa shape index (κ3) is 5.94. The molecule has 1 aromatic carbocycles. The number of rotatable bonds is 10. The number of carbonyl (C=O) groups is 2. The summed E-state index contributed by atoms with van der Waals surface area (Å²) in [4.78, 5) is 25.4. The first-order valence-electron chi connectivity index (χ1n) is 9.09. The predicted molar refractivity (Wildman–Crippen MR) is 113 cm³/mol. The van der Waals surface area contributed by atoms with E-state index < -0.39 is 15.9 Å². The molecule has 0 atom stereocenters. The van der Waals surface area contributed by atoms with Crippen LogP contribution in [0.3, 0.4) is 0 Å². The van der Waals surface area contributed by atoms with Gasteiger partial charge in [-0.3, -0.25) is 13.9 Å². The second kappa shape index (κ2) is 10.3. The van der Waals surface area contributed by atoms with E-state index in [-0.39, 0.29) is 23.3 Å². The van der Waals surface area contributed by atoms with Crippen molar-refractivity contribution in [2.45, 2.75) is 18.1 Å². The van der Waals surface area contributed by atoms with Gasteiger partial charge >= 0.3 is 0 Å². The van der Waals surface area contributed by atoms with E-state index in [0.717, 1.165) is 11.3 Å². The predicted octanol–water partition coefficient (Wildman–Crippen LogP) is 1.94. The number of nitrogens with zero attached hydrogens (tertiary/aromatic N) is 2. The van der Waals surface area contributed by atoms with E-state index >= 15 is 0 Å². The Morgan fingerprint density at radius 2 is 1.76 bits per heavy atom. The van der Waals surface area contributed by atoms with E-state index in [1.165, 1.54) is 11.4 Å². The molecule has 0 bridgehead atoms. The zero-order chi connectivity index (χ0) is 21.4. The molecule has 0 aliphatic rings. The molecule has 158 valence electrons. The number of benzene rings is 1. The lowest BCUT2D eigenvalue weighted by Crippen LogP contribution is -2.41. The summed E-state index contributed by atoms with van der Waals surface area (Å²) in [6.07, 6.45) is 0. The fraction of sp³-hybridized carbons (Fsp3) is 0.368. The van der Waals surface area contributed by atoms with Gasteiger partial charge in [0.25, 0.3) is 15.9 Å². The molecule has 10 heteroatoms. The Hall–Kier alpha value is -2.59.